The van der Waals surface area contributed by atoms with Gasteiger partial charge in [0.05, 0.1) is 0 Å². The van der Waals surface area contributed by atoms with Crippen LogP contribution in [0.25, 0.3) is 0 Å². The van der Waals surface area contributed by atoms with Gasteiger partial charge in [-0.05, 0) is 0 Å². The molecule has 0 aromatic carbocycles. The maximum absolute atomic E-state index is 12.3. The van der Waals surface area contributed by atoms with Crippen molar-refractivity contribution in [3.63, 3.8) is 0 Å². The summed E-state index contributed by atoms with van der Waals surface area (Å²) in [4.78, 5) is 47.0. The van der Waals surface area contributed by atoms with Crippen LogP contribution in [-0.2, 0) is 19.2 Å². The molecule has 0 aromatic heterocycles. The molecule has 2 amide bonds. The number of nitrogens with one attached hydrogen (secondary N) is 2. The van der Waals surface area contributed by atoms with Gasteiger partial charge in [-0.15, -0.1) is 0 Å². The highest BCUT2D eigenvalue weighted by Gasteiger charge is 2.27. The van der Waals surface area contributed by atoms with E-state index < -0.39 is 11.5 Å². The lowest BCUT2D eigenvalue weighted by Crippen LogP contribution is -2.50. The summed E-state index contributed by atoms with van der Waals surface area (Å²) in [6, 6.07) is -0.779. The summed E-state index contributed by atoms with van der Waals surface area (Å²) >= 11 is 2.17. The number of hydrogen-bond acceptors (Lipinski definition) is 6. The van der Waals surface area contributed by atoms with Crippen LogP contribution in [0.4, 0.5) is 0 Å². The summed E-state index contributed by atoms with van der Waals surface area (Å²) in [6.07, 6.45) is 0. The van der Waals surface area contributed by atoms with Gasteiger partial charge in [0.15, 0.2) is 10.2 Å². The van der Waals surface area contributed by atoms with Gasteiger partial charge in [-0.3, -0.25) is 19.2 Å². The Labute approximate surface area is 152 Å². The fraction of sp³-hybridized carbons (Fsp3) is 0.750. The van der Waals surface area contributed by atoms with Crippen molar-refractivity contribution in [2.24, 2.45) is 11.3 Å². The SMILES string of the molecule is CC(=O)SCCNC(=O)[C@H](CSC(=O)C(C)(C)C)NC(=O)C(C)C. The zero-order valence-corrected chi connectivity index (χ0v) is 16.9. The van der Waals surface area contributed by atoms with Crippen molar-refractivity contribution in [2.75, 3.05) is 18.1 Å². The molecule has 0 radical (unpaired) electrons. The Hall–Kier alpha value is -1.02. The van der Waals surface area contributed by atoms with Crippen molar-refractivity contribution in [1.29, 1.82) is 0 Å². The topological polar surface area (TPSA) is 92.3 Å². The fourth-order valence-electron chi connectivity index (χ4n) is 1.39. The van der Waals surface area contributed by atoms with Crippen molar-refractivity contribution in [3.8, 4) is 0 Å². The van der Waals surface area contributed by atoms with Gasteiger partial charge in [-0.25, -0.2) is 0 Å². The van der Waals surface area contributed by atoms with E-state index >= 15 is 0 Å². The van der Waals surface area contributed by atoms with Crippen LogP contribution in [0.15, 0.2) is 0 Å². The summed E-state index contributed by atoms with van der Waals surface area (Å²) in [6.45, 7) is 10.7. The number of thioether (sulfide) groups is 2. The van der Waals surface area contributed by atoms with Gasteiger partial charge in [0, 0.05) is 36.3 Å². The third-order valence-electron chi connectivity index (χ3n) is 2.86. The smallest absolute Gasteiger partial charge is 0.243 e. The number of carbonyl (C=O) groups excluding carboxylic acids is 4. The fourth-order valence-corrected chi connectivity index (χ4v) is 2.87. The van der Waals surface area contributed by atoms with Gasteiger partial charge < -0.3 is 10.6 Å². The Bertz CT molecular complexity index is 473. The first-order valence-corrected chi connectivity index (χ1v) is 9.81. The third kappa shape index (κ3) is 9.97. The Balaban J connectivity index is 4.67. The molecule has 0 bridgehead atoms. The lowest BCUT2D eigenvalue weighted by Gasteiger charge is -2.21. The summed E-state index contributed by atoms with van der Waals surface area (Å²) in [7, 11) is 0. The lowest BCUT2D eigenvalue weighted by molar-refractivity contribution is -0.130. The van der Waals surface area contributed by atoms with Crippen LogP contribution in [0.1, 0.15) is 41.5 Å². The molecule has 0 heterocycles. The summed E-state index contributed by atoms with van der Waals surface area (Å²) in [5.74, 6) is -0.184. The molecule has 0 aliphatic heterocycles. The Kier molecular flexibility index (Phi) is 10.3. The van der Waals surface area contributed by atoms with Crippen LogP contribution in [-0.4, -0.2) is 46.1 Å². The summed E-state index contributed by atoms with van der Waals surface area (Å²) in [5, 5.41) is 5.32. The molecule has 0 saturated carbocycles. The van der Waals surface area contributed by atoms with Crippen molar-refractivity contribution in [3.05, 3.63) is 0 Å². The van der Waals surface area contributed by atoms with E-state index in [0.717, 1.165) is 23.5 Å². The second-order valence-electron chi connectivity index (χ2n) is 6.70. The van der Waals surface area contributed by atoms with Gasteiger partial charge in [0.25, 0.3) is 0 Å². The molecule has 2 N–H and O–H groups in total. The van der Waals surface area contributed by atoms with Crippen LogP contribution >= 0.6 is 23.5 Å². The molecule has 0 saturated heterocycles. The van der Waals surface area contributed by atoms with E-state index in [1.807, 2.05) is 20.8 Å². The van der Waals surface area contributed by atoms with Crippen LogP contribution < -0.4 is 10.6 Å². The number of hydrogen-bond donors (Lipinski definition) is 2. The molecular formula is C16H28N2O4S2. The quantitative estimate of drug-likeness (QED) is 0.628. The molecular weight excluding hydrogens is 348 g/mol. The molecule has 0 unspecified atom stereocenters. The summed E-state index contributed by atoms with van der Waals surface area (Å²) < 4.78 is 0. The van der Waals surface area contributed by atoms with Crippen molar-refractivity contribution in [2.45, 2.75) is 47.6 Å². The zero-order chi connectivity index (χ0) is 18.9. The molecule has 138 valence electrons. The molecule has 1 atom stereocenters. The summed E-state index contributed by atoms with van der Waals surface area (Å²) in [5.41, 5.74) is -0.508. The predicted octanol–water partition coefficient (Wildman–Crippen LogP) is 1.83. The molecule has 0 fully saturated rings. The predicted molar refractivity (Wildman–Crippen MR) is 99.8 cm³/mol. The molecule has 6 nitrogen and oxygen atoms in total. The van der Waals surface area contributed by atoms with E-state index in [1.165, 1.54) is 6.92 Å². The third-order valence-corrected chi connectivity index (χ3v) is 5.05. The minimum absolute atomic E-state index is 0.0137. The Morgan fingerprint density at radius 1 is 1.00 bits per heavy atom. The molecule has 0 aromatic rings. The second-order valence-corrected chi connectivity index (χ2v) is 8.96. The van der Waals surface area contributed by atoms with Crippen LogP contribution in [0.5, 0.6) is 0 Å². The lowest BCUT2D eigenvalue weighted by atomic mass is 10.00. The normalized spacial score (nSPS) is 12.6. The van der Waals surface area contributed by atoms with Gasteiger partial charge in [-0.2, -0.15) is 0 Å². The highest BCUT2D eigenvalue weighted by molar-refractivity contribution is 8.13. The average molecular weight is 377 g/mol. The van der Waals surface area contributed by atoms with E-state index in [4.69, 9.17) is 0 Å². The molecule has 0 rings (SSSR count). The van der Waals surface area contributed by atoms with E-state index in [9.17, 15) is 19.2 Å². The number of rotatable bonds is 8. The molecule has 24 heavy (non-hydrogen) atoms. The number of carbonyl (C=O) groups is 4. The van der Waals surface area contributed by atoms with Gasteiger partial charge in [0.1, 0.15) is 6.04 Å². The van der Waals surface area contributed by atoms with Crippen molar-refractivity contribution >= 4 is 45.6 Å². The average Bonchev–Trinajstić information content (AvgIpc) is 2.45. The van der Waals surface area contributed by atoms with Crippen molar-refractivity contribution < 1.29 is 19.2 Å². The van der Waals surface area contributed by atoms with Crippen molar-refractivity contribution in [1.82, 2.24) is 10.6 Å². The first-order valence-electron chi connectivity index (χ1n) is 7.83. The van der Waals surface area contributed by atoms with Crippen LogP contribution in [0.2, 0.25) is 0 Å². The molecule has 0 aliphatic carbocycles. The van der Waals surface area contributed by atoms with E-state index in [-0.39, 0.29) is 33.7 Å². The monoisotopic (exact) mass is 376 g/mol. The van der Waals surface area contributed by atoms with Crippen LogP contribution in [0.3, 0.4) is 0 Å². The first-order chi connectivity index (χ1) is 10.9. The highest BCUT2D eigenvalue weighted by Crippen LogP contribution is 2.23. The molecule has 0 aliphatic rings. The van der Waals surface area contributed by atoms with Crippen LogP contribution in [0, 0.1) is 11.3 Å². The maximum Gasteiger partial charge on any atom is 0.243 e. The number of amides is 2. The minimum atomic E-state index is -0.779. The minimum Gasteiger partial charge on any atom is -0.353 e. The zero-order valence-electron chi connectivity index (χ0n) is 15.2. The van der Waals surface area contributed by atoms with E-state index in [1.54, 1.807) is 13.8 Å². The molecule has 8 heteroatoms. The Morgan fingerprint density at radius 3 is 2.04 bits per heavy atom. The van der Waals surface area contributed by atoms with Gasteiger partial charge in [0.2, 0.25) is 11.8 Å². The molecule has 0 spiro atoms. The highest BCUT2D eigenvalue weighted by atomic mass is 32.2. The maximum atomic E-state index is 12.3. The van der Waals surface area contributed by atoms with E-state index in [2.05, 4.69) is 10.6 Å². The van der Waals surface area contributed by atoms with E-state index in [0.29, 0.717) is 12.3 Å². The standard InChI is InChI=1S/C16H28N2O4S2/c1-10(2)13(20)18-12(9-24-15(22)16(4,5)6)14(21)17-7-8-23-11(3)19/h10,12H,7-9H2,1-6H3,(H,17,21)(H,18,20)/t12-/m0/s1. The van der Waals surface area contributed by atoms with Gasteiger partial charge in [-0.1, -0.05) is 58.1 Å². The van der Waals surface area contributed by atoms with Gasteiger partial charge >= 0.3 is 0 Å². The second kappa shape index (κ2) is 10.8. The largest absolute Gasteiger partial charge is 0.353 e. The first kappa shape index (κ1) is 23.0. The Morgan fingerprint density at radius 2 is 1.58 bits per heavy atom.